The number of benzene rings is 2. The molecular formula is C23H22Cl2F2N2O4. The van der Waals surface area contributed by atoms with Crippen LogP contribution in [0.5, 0.6) is 0 Å². The normalized spacial score (nSPS) is 15.1. The van der Waals surface area contributed by atoms with Gasteiger partial charge in [-0.05, 0) is 49.6 Å². The molecule has 0 spiro atoms. The Balaban J connectivity index is 1.45. The highest BCUT2D eigenvalue weighted by Gasteiger charge is 2.30. The van der Waals surface area contributed by atoms with Crippen molar-refractivity contribution in [2.24, 2.45) is 5.92 Å². The van der Waals surface area contributed by atoms with Gasteiger partial charge in [-0.1, -0.05) is 29.3 Å². The lowest BCUT2D eigenvalue weighted by molar-refractivity contribution is -0.154. The van der Waals surface area contributed by atoms with Crippen molar-refractivity contribution in [3.05, 3.63) is 69.2 Å². The van der Waals surface area contributed by atoms with Gasteiger partial charge in [-0.15, -0.1) is 0 Å². The first-order chi connectivity index (χ1) is 15.7. The van der Waals surface area contributed by atoms with Crippen LogP contribution < -0.4 is 5.32 Å². The van der Waals surface area contributed by atoms with Crippen LogP contribution in [0.4, 0.5) is 8.78 Å². The second-order valence-electron chi connectivity index (χ2n) is 7.75. The topological polar surface area (TPSA) is 75.7 Å². The summed E-state index contributed by atoms with van der Waals surface area (Å²) in [6, 6.07) is 7.30. The van der Waals surface area contributed by atoms with Crippen LogP contribution in [0.15, 0.2) is 36.4 Å². The predicted molar refractivity (Wildman–Crippen MR) is 119 cm³/mol. The fraction of sp³-hybridized carbons (Fsp3) is 0.348. The first-order valence-corrected chi connectivity index (χ1v) is 11.1. The molecule has 2 amide bonds. The number of ether oxygens (including phenoxy) is 1. The molecule has 0 radical (unpaired) electrons. The van der Waals surface area contributed by atoms with Crippen molar-refractivity contribution in [1.82, 2.24) is 10.2 Å². The molecule has 1 atom stereocenters. The molecule has 0 saturated carbocycles. The summed E-state index contributed by atoms with van der Waals surface area (Å²) in [7, 11) is 0. The van der Waals surface area contributed by atoms with Crippen LogP contribution in [0.2, 0.25) is 10.0 Å². The summed E-state index contributed by atoms with van der Waals surface area (Å²) in [5.74, 6) is -3.76. The number of hydrogen-bond acceptors (Lipinski definition) is 4. The quantitative estimate of drug-likeness (QED) is 0.593. The number of esters is 1. The summed E-state index contributed by atoms with van der Waals surface area (Å²) < 4.78 is 32.1. The van der Waals surface area contributed by atoms with E-state index in [2.05, 4.69) is 5.32 Å². The zero-order valence-corrected chi connectivity index (χ0v) is 19.3. The van der Waals surface area contributed by atoms with Crippen LogP contribution in [0.1, 0.15) is 41.7 Å². The summed E-state index contributed by atoms with van der Waals surface area (Å²) in [4.78, 5) is 38.4. The number of rotatable bonds is 6. The summed E-state index contributed by atoms with van der Waals surface area (Å²) in [5, 5.41) is 3.60. The number of halogens is 4. The SMILES string of the molecule is CC(NC(=O)COC(=O)C1CCN(C(=O)c2ccc(F)cc2F)CC1)c1ccc(Cl)cc1Cl. The van der Waals surface area contributed by atoms with Gasteiger partial charge in [0.15, 0.2) is 6.61 Å². The van der Waals surface area contributed by atoms with Gasteiger partial charge in [0.05, 0.1) is 17.5 Å². The van der Waals surface area contributed by atoms with Gasteiger partial charge in [-0.3, -0.25) is 14.4 Å². The first kappa shape index (κ1) is 24.9. The summed E-state index contributed by atoms with van der Waals surface area (Å²) >= 11 is 12.0. The number of likely N-dealkylation sites (tertiary alicyclic amines) is 1. The molecule has 1 heterocycles. The van der Waals surface area contributed by atoms with Crippen molar-refractivity contribution in [2.75, 3.05) is 19.7 Å². The molecule has 2 aromatic carbocycles. The number of carbonyl (C=O) groups excluding carboxylic acids is 3. The Morgan fingerprint density at radius 3 is 2.45 bits per heavy atom. The third-order valence-corrected chi connectivity index (χ3v) is 5.99. The Morgan fingerprint density at radius 2 is 1.82 bits per heavy atom. The van der Waals surface area contributed by atoms with E-state index in [0.29, 0.717) is 34.5 Å². The van der Waals surface area contributed by atoms with Crippen LogP contribution in [-0.4, -0.2) is 42.4 Å². The molecule has 10 heteroatoms. The zero-order chi connectivity index (χ0) is 24.1. The maximum absolute atomic E-state index is 13.9. The Labute approximate surface area is 199 Å². The van der Waals surface area contributed by atoms with E-state index in [1.165, 1.54) is 4.90 Å². The number of amides is 2. The third-order valence-electron chi connectivity index (χ3n) is 5.43. The highest BCUT2D eigenvalue weighted by molar-refractivity contribution is 6.35. The van der Waals surface area contributed by atoms with E-state index in [0.717, 1.165) is 12.1 Å². The summed E-state index contributed by atoms with van der Waals surface area (Å²) in [5.41, 5.74) is 0.458. The van der Waals surface area contributed by atoms with E-state index in [9.17, 15) is 23.2 Å². The number of hydrogen-bond donors (Lipinski definition) is 1. The van der Waals surface area contributed by atoms with Crippen LogP contribution in [0.3, 0.4) is 0 Å². The highest BCUT2D eigenvalue weighted by Crippen LogP contribution is 2.26. The van der Waals surface area contributed by atoms with Gasteiger partial charge in [0, 0.05) is 29.2 Å². The average Bonchev–Trinajstić information content (AvgIpc) is 2.77. The second kappa shape index (κ2) is 10.9. The number of carbonyl (C=O) groups is 3. The minimum atomic E-state index is -0.929. The molecule has 3 rings (SSSR count). The number of nitrogens with zero attached hydrogens (tertiary/aromatic N) is 1. The lowest BCUT2D eigenvalue weighted by atomic mass is 9.96. The minimum Gasteiger partial charge on any atom is -0.455 e. The third kappa shape index (κ3) is 6.42. The molecule has 1 unspecified atom stereocenters. The summed E-state index contributed by atoms with van der Waals surface area (Å²) in [6.45, 7) is 1.72. The van der Waals surface area contributed by atoms with Crippen molar-refractivity contribution in [1.29, 1.82) is 0 Å². The van der Waals surface area contributed by atoms with E-state index >= 15 is 0 Å². The Kier molecular flexibility index (Phi) is 8.26. The molecular weight excluding hydrogens is 477 g/mol. The lowest BCUT2D eigenvalue weighted by Gasteiger charge is -2.31. The van der Waals surface area contributed by atoms with Crippen molar-refractivity contribution < 1.29 is 27.9 Å². The molecule has 1 saturated heterocycles. The fourth-order valence-electron chi connectivity index (χ4n) is 3.62. The Bertz CT molecular complexity index is 1060. The smallest absolute Gasteiger partial charge is 0.309 e. The van der Waals surface area contributed by atoms with E-state index in [-0.39, 0.29) is 18.7 Å². The fourth-order valence-corrected chi connectivity index (χ4v) is 4.19. The predicted octanol–water partition coefficient (Wildman–Crippen LogP) is 4.54. The maximum Gasteiger partial charge on any atom is 0.309 e. The average molecular weight is 499 g/mol. The molecule has 176 valence electrons. The van der Waals surface area contributed by atoms with E-state index in [1.54, 1.807) is 25.1 Å². The van der Waals surface area contributed by atoms with Gasteiger partial charge in [0.2, 0.25) is 0 Å². The van der Waals surface area contributed by atoms with Crippen LogP contribution in [-0.2, 0) is 14.3 Å². The minimum absolute atomic E-state index is 0.216. The van der Waals surface area contributed by atoms with Gasteiger partial charge in [0.1, 0.15) is 11.6 Å². The Morgan fingerprint density at radius 1 is 1.12 bits per heavy atom. The second-order valence-corrected chi connectivity index (χ2v) is 8.60. The van der Waals surface area contributed by atoms with Gasteiger partial charge < -0.3 is 15.0 Å². The van der Waals surface area contributed by atoms with Gasteiger partial charge in [-0.2, -0.15) is 0 Å². The molecule has 1 fully saturated rings. The van der Waals surface area contributed by atoms with Crippen molar-refractivity contribution in [3.63, 3.8) is 0 Å². The molecule has 0 aromatic heterocycles. The standard InChI is InChI=1S/C23H22Cl2F2N2O4/c1-13(17-4-2-15(24)10-19(17)25)28-21(30)12-33-23(32)14-6-8-29(9-7-14)22(31)18-5-3-16(26)11-20(18)27/h2-5,10-11,13-14H,6-9,12H2,1H3,(H,28,30). The van der Waals surface area contributed by atoms with E-state index < -0.39 is 48.0 Å². The van der Waals surface area contributed by atoms with Crippen LogP contribution >= 0.6 is 23.2 Å². The van der Waals surface area contributed by atoms with Crippen molar-refractivity contribution in [2.45, 2.75) is 25.8 Å². The molecule has 33 heavy (non-hydrogen) atoms. The highest BCUT2D eigenvalue weighted by atomic mass is 35.5. The molecule has 0 aliphatic carbocycles. The molecule has 6 nitrogen and oxygen atoms in total. The van der Waals surface area contributed by atoms with Gasteiger partial charge in [-0.25, -0.2) is 8.78 Å². The molecule has 1 aliphatic heterocycles. The monoisotopic (exact) mass is 498 g/mol. The van der Waals surface area contributed by atoms with Gasteiger partial charge in [0.25, 0.3) is 11.8 Å². The Hall–Kier alpha value is -2.71. The lowest BCUT2D eigenvalue weighted by Crippen LogP contribution is -2.41. The van der Waals surface area contributed by atoms with Crippen LogP contribution in [0.25, 0.3) is 0 Å². The summed E-state index contributed by atoms with van der Waals surface area (Å²) in [6.07, 6.45) is 0.623. The number of piperidine rings is 1. The largest absolute Gasteiger partial charge is 0.455 e. The molecule has 0 bridgehead atoms. The van der Waals surface area contributed by atoms with Crippen molar-refractivity contribution >= 4 is 41.0 Å². The molecule has 2 aromatic rings. The maximum atomic E-state index is 13.9. The van der Waals surface area contributed by atoms with Gasteiger partial charge >= 0.3 is 5.97 Å². The van der Waals surface area contributed by atoms with E-state index in [1.807, 2.05) is 0 Å². The van der Waals surface area contributed by atoms with E-state index in [4.69, 9.17) is 27.9 Å². The molecule has 1 aliphatic rings. The van der Waals surface area contributed by atoms with Crippen molar-refractivity contribution in [3.8, 4) is 0 Å². The van der Waals surface area contributed by atoms with Crippen LogP contribution in [0, 0.1) is 17.6 Å². The zero-order valence-electron chi connectivity index (χ0n) is 17.7. The molecule has 1 N–H and O–H groups in total. The first-order valence-electron chi connectivity index (χ1n) is 10.3. The number of nitrogens with one attached hydrogen (secondary N) is 1.